The van der Waals surface area contributed by atoms with E-state index in [1.165, 1.54) is 6.07 Å². The van der Waals surface area contributed by atoms with Crippen molar-refractivity contribution in [3.63, 3.8) is 0 Å². The topological polar surface area (TPSA) is 29.5 Å². The first-order valence-corrected chi connectivity index (χ1v) is 6.32. The molecular formula is C14H17F3O2. The van der Waals surface area contributed by atoms with Crippen LogP contribution in [0.15, 0.2) is 24.3 Å². The molecule has 19 heavy (non-hydrogen) atoms. The van der Waals surface area contributed by atoms with Crippen LogP contribution in [-0.2, 0) is 17.3 Å². The van der Waals surface area contributed by atoms with Crippen LogP contribution < -0.4 is 0 Å². The van der Waals surface area contributed by atoms with Crippen LogP contribution in [0.1, 0.15) is 30.9 Å². The molecule has 106 valence electrons. The molecule has 1 aromatic rings. The summed E-state index contributed by atoms with van der Waals surface area (Å²) in [7, 11) is 0. The van der Waals surface area contributed by atoms with Gasteiger partial charge < -0.3 is 9.84 Å². The van der Waals surface area contributed by atoms with Crippen LogP contribution in [-0.4, -0.2) is 23.4 Å². The lowest BCUT2D eigenvalue weighted by Gasteiger charge is -2.43. The second kappa shape index (κ2) is 5.13. The highest BCUT2D eigenvalue weighted by atomic mass is 19.4. The third-order valence-corrected chi connectivity index (χ3v) is 3.41. The number of aliphatic hydroxyl groups is 1. The molecule has 1 aliphatic carbocycles. The Bertz CT molecular complexity index is 437. The molecular weight excluding hydrogens is 257 g/mol. The summed E-state index contributed by atoms with van der Waals surface area (Å²) in [6.45, 7) is 2.47. The van der Waals surface area contributed by atoms with Crippen molar-refractivity contribution < 1.29 is 23.0 Å². The van der Waals surface area contributed by atoms with Gasteiger partial charge >= 0.3 is 6.18 Å². The molecule has 5 heteroatoms. The van der Waals surface area contributed by atoms with Crippen LogP contribution in [0.2, 0.25) is 0 Å². The monoisotopic (exact) mass is 274 g/mol. The summed E-state index contributed by atoms with van der Waals surface area (Å²) in [6, 6.07) is 5.13. The van der Waals surface area contributed by atoms with Gasteiger partial charge in [0.05, 0.1) is 17.3 Å². The van der Waals surface area contributed by atoms with E-state index in [9.17, 15) is 18.3 Å². The number of benzene rings is 1. The molecule has 0 amide bonds. The summed E-state index contributed by atoms with van der Waals surface area (Å²) in [6.07, 6.45) is -3.11. The Hall–Kier alpha value is -1.07. The number of hydrogen-bond acceptors (Lipinski definition) is 2. The molecule has 0 bridgehead atoms. The Labute approximate surface area is 110 Å². The van der Waals surface area contributed by atoms with Crippen LogP contribution in [0.4, 0.5) is 13.2 Å². The molecule has 2 nitrogen and oxygen atoms in total. The van der Waals surface area contributed by atoms with Crippen molar-refractivity contribution in [3.05, 3.63) is 35.4 Å². The highest BCUT2D eigenvalue weighted by Crippen LogP contribution is 2.38. The second-order valence-corrected chi connectivity index (χ2v) is 5.08. The first kappa shape index (κ1) is 14.3. The van der Waals surface area contributed by atoms with E-state index in [0.29, 0.717) is 25.0 Å². The highest BCUT2D eigenvalue weighted by molar-refractivity contribution is 5.27. The zero-order valence-electron chi connectivity index (χ0n) is 10.7. The molecule has 1 N–H and O–H groups in total. The molecule has 1 aromatic carbocycles. The fourth-order valence-electron chi connectivity index (χ4n) is 2.52. The first-order valence-electron chi connectivity index (χ1n) is 6.32. The molecule has 0 radical (unpaired) electrons. The summed E-state index contributed by atoms with van der Waals surface area (Å²) in [5, 5.41) is 10.2. The molecule has 1 aliphatic rings. The van der Waals surface area contributed by atoms with Gasteiger partial charge in [-0.15, -0.1) is 0 Å². The quantitative estimate of drug-likeness (QED) is 0.913. The fourth-order valence-corrected chi connectivity index (χ4v) is 2.52. The zero-order chi connectivity index (χ0) is 14.1. The van der Waals surface area contributed by atoms with Crippen molar-refractivity contribution in [2.45, 2.75) is 44.1 Å². The Morgan fingerprint density at radius 1 is 1.37 bits per heavy atom. The molecule has 0 saturated heterocycles. The lowest BCUT2D eigenvalue weighted by Crippen LogP contribution is -2.49. The Balaban J connectivity index is 2.01. The molecule has 0 unspecified atom stereocenters. The summed E-state index contributed by atoms with van der Waals surface area (Å²) in [4.78, 5) is 0. The molecule has 1 saturated carbocycles. The van der Waals surface area contributed by atoms with Gasteiger partial charge in [-0.1, -0.05) is 18.2 Å². The number of hydrogen-bond donors (Lipinski definition) is 1. The largest absolute Gasteiger partial charge is 0.416 e. The number of halogens is 3. The van der Waals surface area contributed by atoms with Crippen LogP contribution in [0.3, 0.4) is 0 Å². The normalized spacial score (nSPS) is 27.1. The minimum Gasteiger partial charge on any atom is -0.389 e. The third kappa shape index (κ3) is 3.48. The van der Waals surface area contributed by atoms with Crippen molar-refractivity contribution in [2.75, 3.05) is 6.61 Å². The van der Waals surface area contributed by atoms with Crippen molar-refractivity contribution in [1.82, 2.24) is 0 Å². The maximum Gasteiger partial charge on any atom is 0.416 e. The van der Waals surface area contributed by atoms with Gasteiger partial charge in [-0.3, -0.25) is 0 Å². The summed E-state index contributed by atoms with van der Waals surface area (Å²) < 4.78 is 43.1. The maximum atomic E-state index is 12.6. The predicted molar refractivity (Wildman–Crippen MR) is 64.7 cm³/mol. The zero-order valence-corrected chi connectivity index (χ0v) is 10.7. The highest BCUT2D eigenvalue weighted by Gasteiger charge is 2.43. The molecule has 0 spiro atoms. The predicted octanol–water partition coefficient (Wildman–Crippen LogP) is 3.18. The number of alkyl halides is 3. The van der Waals surface area contributed by atoms with Gasteiger partial charge in [0.15, 0.2) is 0 Å². The van der Waals surface area contributed by atoms with Gasteiger partial charge in [0, 0.05) is 25.9 Å². The van der Waals surface area contributed by atoms with E-state index in [-0.39, 0.29) is 12.5 Å². The van der Waals surface area contributed by atoms with E-state index in [0.717, 1.165) is 12.1 Å². The van der Waals surface area contributed by atoms with Crippen LogP contribution in [0.25, 0.3) is 0 Å². The van der Waals surface area contributed by atoms with E-state index >= 15 is 0 Å². The van der Waals surface area contributed by atoms with Crippen molar-refractivity contribution >= 4 is 0 Å². The minimum atomic E-state index is -4.34. The van der Waals surface area contributed by atoms with Gasteiger partial charge in [0.2, 0.25) is 0 Å². The van der Waals surface area contributed by atoms with E-state index in [4.69, 9.17) is 4.74 Å². The lowest BCUT2D eigenvalue weighted by atomic mass is 9.73. The van der Waals surface area contributed by atoms with Crippen molar-refractivity contribution in [1.29, 1.82) is 0 Å². The van der Waals surface area contributed by atoms with Crippen LogP contribution in [0.5, 0.6) is 0 Å². The molecule has 0 atom stereocenters. The number of ether oxygens (including phenoxy) is 1. The Kier molecular flexibility index (Phi) is 3.87. The van der Waals surface area contributed by atoms with Crippen LogP contribution >= 0.6 is 0 Å². The van der Waals surface area contributed by atoms with Crippen molar-refractivity contribution in [2.24, 2.45) is 0 Å². The molecule has 0 aliphatic heterocycles. The summed E-state index contributed by atoms with van der Waals surface area (Å²) in [5.41, 5.74) is -1.09. The standard InChI is InChI=1S/C14H17F3O2/c1-2-19-12-8-13(18,9-12)7-10-4-3-5-11(6-10)14(15,16)17/h3-6,12,18H,2,7-9H2,1H3. The summed E-state index contributed by atoms with van der Waals surface area (Å²) >= 11 is 0. The van der Waals surface area contributed by atoms with Gasteiger partial charge in [0.1, 0.15) is 0 Å². The minimum absolute atomic E-state index is 0.0285. The maximum absolute atomic E-state index is 12.6. The van der Waals surface area contributed by atoms with E-state index in [2.05, 4.69) is 0 Å². The van der Waals surface area contributed by atoms with Gasteiger partial charge in [-0.2, -0.15) is 13.2 Å². The van der Waals surface area contributed by atoms with Crippen LogP contribution in [0, 0.1) is 0 Å². The molecule has 0 aromatic heterocycles. The smallest absolute Gasteiger partial charge is 0.389 e. The van der Waals surface area contributed by atoms with E-state index in [1.807, 2.05) is 6.92 Å². The second-order valence-electron chi connectivity index (χ2n) is 5.08. The average Bonchev–Trinajstić information content (AvgIpc) is 2.26. The number of rotatable bonds is 4. The average molecular weight is 274 g/mol. The molecule has 2 rings (SSSR count). The third-order valence-electron chi connectivity index (χ3n) is 3.41. The Morgan fingerprint density at radius 2 is 2.05 bits per heavy atom. The molecule has 1 fully saturated rings. The summed E-state index contributed by atoms with van der Waals surface area (Å²) in [5.74, 6) is 0. The fraction of sp³-hybridized carbons (Fsp3) is 0.571. The van der Waals surface area contributed by atoms with Gasteiger partial charge in [-0.05, 0) is 18.6 Å². The lowest BCUT2D eigenvalue weighted by molar-refractivity contribution is -0.139. The van der Waals surface area contributed by atoms with E-state index < -0.39 is 17.3 Å². The first-order chi connectivity index (χ1) is 8.82. The Morgan fingerprint density at radius 3 is 2.63 bits per heavy atom. The van der Waals surface area contributed by atoms with E-state index in [1.54, 1.807) is 6.07 Å². The van der Waals surface area contributed by atoms with Gasteiger partial charge in [-0.25, -0.2) is 0 Å². The van der Waals surface area contributed by atoms with Gasteiger partial charge in [0.25, 0.3) is 0 Å². The van der Waals surface area contributed by atoms with Crippen molar-refractivity contribution in [3.8, 4) is 0 Å². The SMILES string of the molecule is CCOC1CC(O)(Cc2cccc(C(F)(F)F)c2)C1. The molecule has 0 heterocycles.